The summed E-state index contributed by atoms with van der Waals surface area (Å²) in [5.74, 6) is -0.174. The van der Waals surface area contributed by atoms with Gasteiger partial charge >= 0.3 is 5.97 Å². The lowest BCUT2D eigenvalue weighted by atomic mass is 10.1. The maximum atomic E-state index is 12.5. The van der Waals surface area contributed by atoms with E-state index in [1.165, 1.54) is 11.3 Å². The van der Waals surface area contributed by atoms with Gasteiger partial charge in [-0.05, 0) is 30.9 Å². The Morgan fingerprint density at radius 3 is 2.75 bits per heavy atom. The first-order valence-electron chi connectivity index (χ1n) is 8.11. The molecule has 128 valence electrons. The highest BCUT2D eigenvalue weighted by molar-refractivity contribution is 7.13. The molecule has 0 bridgehead atoms. The number of hydrogen-bond acceptors (Lipinski definition) is 4. The highest BCUT2D eigenvalue weighted by Gasteiger charge is 2.32. The Morgan fingerprint density at radius 1 is 1.42 bits per heavy atom. The normalized spacial score (nSPS) is 14.1. The van der Waals surface area contributed by atoms with Gasteiger partial charge in [-0.15, -0.1) is 11.3 Å². The van der Waals surface area contributed by atoms with E-state index in [1.54, 1.807) is 18.3 Å². The standard InChI is InChI=1S/C17H21N3O3S/c1-10(2)9-20-15(11-3-4-11)13(8-19-20)16(21)18-7-12-5-6-14(24-12)17(22)23/h5-6,8,10-11H,3-4,7,9H2,1-2H3,(H,18,21)(H,22,23). The minimum absolute atomic E-state index is 0.141. The van der Waals surface area contributed by atoms with Gasteiger partial charge in [0.2, 0.25) is 0 Å². The fourth-order valence-electron chi connectivity index (χ4n) is 2.70. The van der Waals surface area contributed by atoms with Crippen molar-refractivity contribution in [3.63, 3.8) is 0 Å². The zero-order valence-corrected chi connectivity index (χ0v) is 14.6. The van der Waals surface area contributed by atoms with E-state index in [4.69, 9.17) is 5.11 Å². The molecule has 7 heteroatoms. The quantitative estimate of drug-likeness (QED) is 0.806. The van der Waals surface area contributed by atoms with Crippen molar-refractivity contribution in [3.8, 4) is 0 Å². The summed E-state index contributed by atoms with van der Waals surface area (Å²) in [5, 5.41) is 16.2. The predicted octanol–water partition coefficient (Wildman–Crippen LogP) is 3.11. The van der Waals surface area contributed by atoms with Crippen LogP contribution in [0.25, 0.3) is 0 Å². The van der Waals surface area contributed by atoms with Crippen LogP contribution in [0.1, 0.15) is 63.2 Å². The molecule has 2 N–H and O–H groups in total. The van der Waals surface area contributed by atoms with Crippen molar-refractivity contribution in [1.29, 1.82) is 0 Å². The number of amides is 1. The number of rotatable bonds is 7. The first-order valence-corrected chi connectivity index (χ1v) is 8.93. The summed E-state index contributed by atoms with van der Waals surface area (Å²) in [6, 6.07) is 3.29. The van der Waals surface area contributed by atoms with Crippen molar-refractivity contribution in [2.75, 3.05) is 0 Å². The minimum atomic E-state index is -0.941. The first-order chi connectivity index (χ1) is 11.5. The topological polar surface area (TPSA) is 84.2 Å². The Morgan fingerprint density at radius 2 is 2.17 bits per heavy atom. The first kappa shape index (κ1) is 16.7. The molecule has 1 aliphatic rings. The van der Waals surface area contributed by atoms with Crippen LogP contribution in [0, 0.1) is 5.92 Å². The Hall–Kier alpha value is -2.15. The van der Waals surface area contributed by atoms with Crippen LogP contribution >= 0.6 is 11.3 Å². The van der Waals surface area contributed by atoms with E-state index >= 15 is 0 Å². The summed E-state index contributed by atoms with van der Waals surface area (Å²) < 4.78 is 1.96. The third kappa shape index (κ3) is 3.67. The minimum Gasteiger partial charge on any atom is -0.477 e. The van der Waals surface area contributed by atoms with Gasteiger partial charge in [0.05, 0.1) is 24.0 Å². The molecule has 0 unspecified atom stereocenters. The van der Waals surface area contributed by atoms with Gasteiger partial charge in [0.15, 0.2) is 0 Å². The molecule has 3 rings (SSSR count). The van der Waals surface area contributed by atoms with Crippen LogP contribution in [-0.4, -0.2) is 26.8 Å². The van der Waals surface area contributed by atoms with Crippen molar-refractivity contribution >= 4 is 23.2 Å². The Balaban J connectivity index is 1.70. The van der Waals surface area contributed by atoms with Crippen molar-refractivity contribution in [3.05, 3.63) is 39.3 Å². The van der Waals surface area contributed by atoms with Gasteiger partial charge in [-0.1, -0.05) is 13.8 Å². The van der Waals surface area contributed by atoms with E-state index in [0.29, 0.717) is 23.9 Å². The van der Waals surface area contributed by atoms with E-state index in [-0.39, 0.29) is 10.8 Å². The fourth-order valence-corrected chi connectivity index (χ4v) is 3.49. The van der Waals surface area contributed by atoms with Crippen LogP contribution in [-0.2, 0) is 13.1 Å². The molecule has 0 radical (unpaired) electrons. The molecule has 0 atom stereocenters. The summed E-state index contributed by atoms with van der Waals surface area (Å²) in [6.07, 6.45) is 3.87. The number of carbonyl (C=O) groups is 2. The molecular weight excluding hydrogens is 326 g/mol. The molecule has 1 aliphatic carbocycles. The second-order valence-electron chi connectivity index (χ2n) is 6.55. The Labute approximate surface area is 144 Å². The molecule has 2 heterocycles. The molecule has 6 nitrogen and oxygen atoms in total. The van der Waals surface area contributed by atoms with Crippen LogP contribution in [0.3, 0.4) is 0 Å². The summed E-state index contributed by atoms with van der Waals surface area (Å²) in [4.78, 5) is 24.5. The number of carboxylic acids is 1. The van der Waals surface area contributed by atoms with Crippen LogP contribution < -0.4 is 5.32 Å². The van der Waals surface area contributed by atoms with Gasteiger partial charge < -0.3 is 10.4 Å². The van der Waals surface area contributed by atoms with Gasteiger partial charge in [0, 0.05) is 17.3 Å². The zero-order valence-electron chi connectivity index (χ0n) is 13.8. The molecule has 1 fully saturated rings. The third-order valence-corrected chi connectivity index (χ3v) is 5.00. The number of carboxylic acid groups (broad SMARTS) is 1. The molecule has 0 saturated heterocycles. The van der Waals surface area contributed by atoms with Gasteiger partial charge in [-0.25, -0.2) is 4.79 Å². The number of thiophene rings is 1. The number of carbonyl (C=O) groups excluding carboxylic acids is 1. The van der Waals surface area contributed by atoms with Crippen molar-refractivity contribution in [1.82, 2.24) is 15.1 Å². The number of nitrogens with one attached hydrogen (secondary N) is 1. The lowest BCUT2D eigenvalue weighted by molar-refractivity contribution is 0.0702. The zero-order chi connectivity index (χ0) is 17.3. The molecule has 1 saturated carbocycles. The van der Waals surface area contributed by atoms with E-state index in [1.807, 2.05) is 4.68 Å². The van der Waals surface area contributed by atoms with Crippen molar-refractivity contribution in [2.45, 2.75) is 45.7 Å². The van der Waals surface area contributed by atoms with Crippen molar-refractivity contribution in [2.24, 2.45) is 5.92 Å². The van der Waals surface area contributed by atoms with E-state index in [9.17, 15) is 9.59 Å². The summed E-state index contributed by atoms with van der Waals surface area (Å²) in [7, 11) is 0. The second-order valence-corrected chi connectivity index (χ2v) is 7.72. The highest BCUT2D eigenvalue weighted by Crippen LogP contribution is 2.41. The van der Waals surface area contributed by atoms with E-state index in [0.717, 1.165) is 30.0 Å². The number of aromatic nitrogens is 2. The molecule has 2 aromatic heterocycles. The third-order valence-electron chi connectivity index (χ3n) is 3.92. The predicted molar refractivity (Wildman–Crippen MR) is 91.5 cm³/mol. The van der Waals surface area contributed by atoms with Crippen molar-refractivity contribution < 1.29 is 14.7 Å². The summed E-state index contributed by atoms with van der Waals surface area (Å²) >= 11 is 1.18. The smallest absolute Gasteiger partial charge is 0.345 e. The van der Waals surface area contributed by atoms with E-state index in [2.05, 4.69) is 24.3 Å². The maximum absolute atomic E-state index is 12.5. The maximum Gasteiger partial charge on any atom is 0.345 e. The number of nitrogens with zero attached hydrogens (tertiary/aromatic N) is 2. The fraction of sp³-hybridized carbons (Fsp3) is 0.471. The molecule has 24 heavy (non-hydrogen) atoms. The van der Waals surface area contributed by atoms with Gasteiger partial charge in [-0.2, -0.15) is 5.10 Å². The van der Waals surface area contributed by atoms with Gasteiger partial charge in [0.25, 0.3) is 5.91 Å². The number of aromatic carboxylic acids is 1. The molecule has 2 aromatic rings. The molecule has 0 aromatic carbocycles. The SMILES string of the molecule is CC(C)Cn1ncc(C(=O)NCc2ccc(C(=O)O)s2)c1C1CC1. The molecular formula is C17H21N3O3S. The van der Waals surface area contributed by atoms with Gasteiger partial charge in [-0.3, -0.25) is 9.48 Å². The summed E-state index contributed by atoms with van der Waals surface area (Å²) in [6.45, 7) is 5.41. The largest absolute Gasteiger partial charge is 0.477 e. The number of hydrogen-bond donors (Lipinski definition) is 2. The second kappa shape index (κ2) is 6.76. The lowest BCUT2D eigenvalue weighted by Crippen LogP contribution is -2.23. The van der Waals surface area contributed by atoms with E-state index < -0.39 is 5.97 Å². The monoisotopic (exact) mass is 347 g/mol. The van der Waals surface area contributed by atoms with Gasteiger partial charge in [0.1, 0.15) is 4.88 Å². The Bertz CT molecular complexity index is 759. The van der Waals surface area contributed by atoms with Crippen LogP contribution in [0.15, 0.2) is 18.3 Å². The average Bonchev–Trinajstić information content (AvgIpc) is 3.09. The van der Waals surface area contributed by atoms with Crippen LogP contribution in [0.5, 0.6) is 0 Å². The van der Waals surface area contributed by atoms with Crippen LogP contribution in [0.4, 0.5) is 0 Å². The molecule has 1 amide bonds. The Kier molecular flexibility index (Phi) is 4.71. The summed E-state index contributed by atoms with van der Waals surface area (Å²) in [5.41, 5.74) is 1.69. The molecule has 0 spiro atoms. The average molecular weight is 347 g/mol. The van der Waals surface area contributed by atoms with Crippen LogP contribution in [0.2, 0.25) is 0 Å². The highest BCUT2D eigenvalue weighted by atomic mass is 32.1. The lowest BCUT2D eigenvalue weighted by Gasteiger charge is -2.11. The molecule has 0 aliphatic heterocycles.